The minimum atomic E-state index is -0.435. The second-order valence-electron chi connectivity index (χ2n) is 4.91. The third-order valence-corrected chi connectivity index (χ3v) is 2.26. The first-order valence-electron chi connectivity index (χ1n) is 5.72. The maximum absolute atomic E-state index is 11.8. The van der Waals surface area contributed by atoms with Crippen molar-refractivity contribution >= 4 is 5.97 Å². The molecule has 0 N–H and O–H groups in total. The summed E-state index contributed by atoms with van der Waals surface area (Å²) < 4.78 is 5.31. The van der Waals surface area contributed by atoms with Crippen LogP contribution in [0, 0.1) is 0 Å². The molecule has 2 nitrogen and oxygen atoms in total. The van der Waals surface area contributed by atoms with E-state index >= 15 is 0 Å². The number of esters is 1. The van der Waals surface area contributed by atoms with Crippen LogP contribution in [0.3, 0.4) is 0 Å². The standard InChI is InChI=1S/C14H20O2/c1-5-11-7-6-8-12(10-9-11)13(15)16-14(2,3)4/h6,8-10H,5,7H2,1-4H3. The molecular weight excluding hydrogens is 200 g/mol. The zero-order valence-electron chi connectivity index (χ0n) is 10.5. The van der Waals surface area contributed by atoms with Crippen LogP contribution >= 0.6 is 0 Å². The topological polar surface area (TPSA) is 26.3 Å². The molecule has 0 aromatic heterocycles. The maximum atomic E-state index is 11.8. The smallest absolute Gasteiger partial charge is 0.338 e. The Balaban J connectivity index is 2.77. The first-order valence-corrected chi connectivity index (χ1v) is 5.72. The molecule has 0 atom stereocenters. The molecule has 0 aliphatic heterocycles. The monoisotopic (exact) mass is 220 g/mol. The Hall–Kier alpha value is -1.31. The van der Waals surface area contributed by atoms with Crippen LogP contribution in [0.25, 0.3) is 0 Å². The van der Waals surface area contributed by atoms with Crippen LogP contribution in [0.5, 0.6) is 0 Å². The molecule has 0 saturated heterocycles. The summed E-state index contributed by atoms with van der Waals surface area (Å²) in [7, 11) is 0. The Bertz CT molecular complexity index is 351. The quantitative estimate of drug-likeness (QED) is 0.665. The molecule has 0 aromatic carbocycles. The lowest BCUT2D eigenvalue weighted by molar-refractivity contribution is -0.149. The number of hydrogen-bond donors (Lipinski definition) is 0. The van der Waals surface area contributed by atoms with Gasteiger partial charge in [-0.15, -0.1) is 0 Å². The van der Waals surface area contributed by atoms with E-state index in [9.17, 15) is 4.79 Å². The van der Waals surface area contributed by atoms with Crippen LogP contribution in [0.2, 0.25) is 0 Å². The average Bonchev–Trinajstić information content (AvgIpc) is 2.39. The van der Waals surface area contributed by atoms with Crippen molar-refractivity contribution in [2.45, 2.75) is 46.1 Å². The van der Waals surface area contributed by atoms with Crippen molar-refractivity contribution in [3.05, 3.63) is 35.5 Å². The Morgan fingerprint density at radius 1 is 1.38 bits per heavy atom. The number of rotatable bonds is 2. The van der Waals surface area contributed by atoms with E-state index in [1.165, 1.54) is 5.57 Å². The van der Waals surface area contributed by atoms with Crippen LogP contribution in [-0.4, -0.2) is 11.6 Å². The van der Waals surface area contributed by atoms with Crippen LogP contribution < -0.4 is 0 Å². The van der Waals surface area contributed by atoms with Crippen LogP contribution in [0.4, 0.5) is 0 Å². The van der Waals surface area contributed by atoms with Crippen molar-refractivity contribution in [2.24, 2.45) is 0 Å². The molecule has 0 amide bonds. The highest BCUT2D eigenvalue weighted by Crippen LogP contribution is 2.17. The first-order chi connectivity index (χ1) is 7.42. The van der Waals surface area contributed by atoms with Crippen LogP contribution in [-0.2, 0) is 9.53 Å². The van der Waals surface area contributed by atoms with E-state index in [-0.39, 0.29) is 5.97 Å². The Labute approximate surface area is 97.7 Å². The van der Waals surface area contributed by atoms with E-state index in [2.05, 4.69) is 6.92 Å². The number of carbonyl (C=O) groups excluding carboxylic acids is 1. The predicted octanol–water partition coefficient (Wildman–Crippen LogP) is 3.55. The third-order valence-electron chi connectivity index (χ3n) is 2.26. The summed E-state index contributed by atoms with van der Waals surface area (Å²) >= 11 is 0. The summed E-state index contributed by atoms with van der Waals surface area (Å²) in [6.07, 6.45) is 9.64. The van der Waals surface area contributed by atoms with E-state index < -0.39 is 5.60 Å². The highest BCUT2D eigenvalue weighted by Gasteiger charge is 2.18. The second kappa shape index (κ2) is 5.15. The fraction of sp³-hybridized carbons (Fsp3) is 0.500. The minimum absolute atomic E-state index is 0.252. The highest BCUT2D eigenvalue weighted by atomic mass is 16.6. The van der Waals surface area contributed by atoms with Crippen molar-refractivity contribution in [2.75, 3.05) is 0 Å². The van der Waals surface area contributed by atoms with Gasteiger partial charge in [-0.2, -0.15) is 0 Å². The predicted molar refractivity (Wildman–Crippen MR) is 66.1 cm³/mol. The van der Waals surface area contributed by atoms with Crippen molar-refractivity contribution in [3.8, 4) is 0 Å². The highest BCUT2D eigenvalue weighted by molar-refractivity contribution is 5.92. The fourth-order valence-electron chi connectivity index (χ4n) is 1.40. The summed E-state index contributed by atoms with van der Waals surface area (Å²) in [6.45, 7) is 7.74. The van der Waals surface area contributed by atoms with Gasteiger partial charge in [0.2, 0.25) is 0 Å². The number of allylic oxidation sites excluding steroid dienone is 4. The van der Waals surface area contributed by atoms with E-state index in [4.69, 9.17) is 4.74 Å². The van der Waals surface area contributed by atoms with Gasteiger partial charge in [0.15, 0.2) is 0 Å². The Kier molecular flexibility index (Phi) is 4.11. The van der Waals surface area contributed by atoms with Crippen molar-refractivity contribution in [1.29, 1.82) is 0 Å². The van der Waals surface area contributed by atoms with Crippen LogP contribution in [0.15, 0.2) is 35.5 Å². The molecule has 0 saturated carbocycles. The maximum Gasteiger partial charge on any atom is 0.338 e. The molecular formula is C14H20O2. The molecule has 0 fully saturated rings. The van der Waals surface area contributed by atoms with Gasteiger partial charge in [-0.25, -0.2) is 4.79 Å². The van der Waals surface area contributed by atoms with E-state index in [1.54, 1.807) is 0 Å². The molecule has 2 heteroatoms. The lowest BCUT2D eigenvalue weighted by Gasteiger charge is -2.19. The first kappa shape index (κ1) is 12.8. The van der Waals surface area contributed by atoms with E-state index in [0.29, 0.717) is 5.57 Å². The molecule has 1 aliphatic carbocycles. The minimum Gasteiger partial charge on any atom is -0.456 e. The van der Waals surface area contributed by atoms with Crippen LogP contribution in [0.1, 0.15) is 40.5 Å². The van der Waals surface area contributed by atoms with Crippen molar-refractivity contribution in [1.82, 2.24) is 0 Å². The molecule has 88 valence electrons. The summed E-state index contributed by atoms with van der Waals surface area (Å²) in [6, 6.07) is 0. The molecule has 0 spiro atoms. The lowest BCUT2D eigenvalue weighted by Crippen LogP contribution is -2.24. The number of ether oxygens (including phenoxy) is 1. The lowest BCUT2D eigenvalue weighted by atomic mass is 10.1. The molecule has 1 rings (SSSR count). The van der Waals surface area contributed by atoms with E-state index in [0.717, 1.165) is 12.8 Å². The van der Waals surface area contributed by atoms with E-state index in [1.807, 2.05) is 45.1 Å². The zero-order chi connectivity index (χ0) is 12.2. The Morgan fingerprint density at radius 3 is 2.62 bits per heavy atom. The third kappa shape index (κ3) is 4.05. The molecule has 0 bridgehead atoms. The molecule has 16 heavy (non-hydrogen) atoms. The van der Waals surface area contributed by atoms with Gasteiger partial charge in [0.25, 0.3) is 0 Å². The molecule has 0 radical (unpaired) electrons. The van der Waals surface area contributed by atoms with Gasteiger partial charge in [-0.3, -0.25) is 0 Å². The van der Waals surface area contributed by atoms with Gasteiger partial charge in [-0.05, 0) is 39.7 Å². The second-order valence-corrected chi connectivity index (χ2v) is 4.91. The van der Waals surface area contributed by atoms with Gasteiger partial charge in [0.05, 0.1) is 5.57 Å². The number of carbonyl (C=O) groups is 1. The summed E-state index contributed by atoms with van der Waals surface area (Å²) in [5.41, 5.74) is 1.52. The summed E-state index contributed by atoms with van der Waals surface area (Å²) in [4.78, 5) is 11.8. The Morgan fingerprint density at radius 2 is 2.06 bits per heavy atom. The zero-order valence-corrected chi connectivity index (χ0v) is 10.5. The molecule has 0 heterocycles. The molecule has 0 unspecified atom stereocenters. The normalized spacial score (nSPS) is 16.2. The molecule has 0 aromatic rings. The summed E-state index contributed by atoms with van der Waals surface area (Å²) in [5.74, 6) is -0.252. The largest absolute Gasteiger partial charge is 0.456 e. The van der Waals surface area contributed by atoms with Gasteiger partial charge < -0.3 is 4.74 Å². The SMILES string of the molecule is CCC1=CC=C(C(=O)OC(C)(C)C)C=CC1. The van der Waals surface area contributed by atoms with Gasteiger partial charge in [0.1, 0.15) is 5.60 Å². The fourth-order valence-corrected chi connectivity index (χ4v) is 1.40. The van der Waals surface area contributed by atoms with Gasteiger partial charge in [0, 0.05) is 0 Å². The average molecular weight is 220 g/mol. The molecule has 1 aliphatic rings. The summed E-state index contributed by atoms with van der Waals surface area (Å²) in [5, 5.41) is 0. The van der Waals surface area contributed by atoms with Gasteiger partial charge >= 0.3 is 5.97 Å². The van der Waals surface area contributed by atoms with Gasteiger partial charge in [-0.1, -0.05) is 30.7 Å². The van der Waals surface area contributed by atoms with Crippen molar-refractivity contribution in [3.63, 3.8) is 0 Å². The number of hydrogen-bond acceptors (Lipinski definition) is 2. The van der Waals surface area contributed by atoms with Crippen molar-refractivity contribution < 1.29 is 9.53 Å².